The molecule has 2 fully saturated rings. The summed E-state index contributed by atoms with van der Waals surface area (Å²) in [4.78, 5) is 13.9. The van der Waals surface area contributed by atoms with Crippen LogP contribution in [0, 0.1) is 5.92 Å². The highest BCUT2D eigenvalue weighted by atomic mass is 16.5. The van der Waals surface area contributed by atoms with Gasteiger partial charge in [0.15, 0.2) is 0 Å². The molecule has 5 heteroatoms. The maximum atomic E-state index is 12.0. The minimum Gasteiger partial charge on any atom is -0.365 e. The second kappa shape index (κ2) is 3.84. The number of aryl methyl sites for hydroxylation is 1. The van der Waals surface area contributed by atoms with Crippen molar-refractivity contribution in [2.75, 3.05) is 13.1 Å². The predicted octanol–water partition coefficient (Wildman–Crippen LogP) is 0.557. The molecule has 2 N–H and O–H groups in total. The SMILES string of the molecule is N[C@]12CC[C@H]1CN(C(=O)CCc1ccon1)C2. The number of aromatic nitrogens is 1. The molecule has 0 aromatic carbocycles. The highest BCUT2D eigenvalue weighted by Gasteiger charge is 2.51. The van der Waals surface area contributed by atoms with E-state index in [-0.39, 0.29) is 11.4 Å². The van der Waals surface area contributed by atoms with Gasteiger partial charge in [-0.05, 0) is 18.8 Å². The molecule has 2 heterocycles. The third-order valence-corrected chi connectivity index (χ3v) is 4.14. The lowest BCUT2D eigenvalue weighted by molar-refractivity contribution is -0.130. The van der Waals surface area contributed by atoms with Crippen molar-refractivity contribution in [2.45, 2.75) is 31.2 Å². The molecule has 0 unspecified atom stereocenters. The number of amides is 1. The molecule has 1 aromatic heterocycles. The number of nitrogens with zero attached hydrogens (tertiary/aromatic N) is 2. The summed E-state index contributed by atoms with van der Waals surface area (Å²) in [7, 11) is 0. The van der Waals surface area contributed by atoms with Crippen molar-refractivity contribution in [3.05, 3.63) is 18.0 Å². The van der Waals surface area contributed by atoms with Crippen molar-refractivity contribution in [1.82, 2.24) is 10.1 Å². The molecule has 1 aliphatic carbocycles. The summed E-state index contributed by atoms with van der Waals surface area (Å²) in [5, 5.41) is 3.80. The molecule has 0 radical (unpaired) electrons. The minimum atomic E-state index is -0.0798. The average Bonchev–Trinajstić information content (AvgIpc) is 2.88. The lowest BCUT2D eigenvalue weighted by Gasteiger charge is -2.39. The number of carbonyl (C=O) groups excluding carboxylic acids is 1. The maximum absolute atomic E-state index is 12.0. The van der Waals surface area contributed by atoms with Crippen LogP contribution >= 0.6 is 0 Å². The molecule has 1 aliphatic heterocycles. The highest BCUT2D eigenvalue weighted by Crippen LogP contribution is 2.42. The summed E-state index contributed by atoms with van der Waals surface area (Å²) in [5.74, 6) is 0.714. The van der Waals surface area contributed by atoms with Crippen LogP contribution in [0.4, 0.5) is 0 Å². The minimum absolute atomic E-state index is 0.0798. The largest absolute Gasteiger partial charge is 0.365 e. The van der Waals surface area contributed by atoms with E-state index in [2.05, 4.69) is 5.16 Å². The van der Waals surface area contributed by atoms with Gasteiger partial charge in [-0.15, -0.1) is 0 Å². The van der Waals surface area contributed by atoms with E-state index in [9.17, 15) is 4.79 Å². The van der Waals surface area contributed by atoms with Gasteiger partial charge in [-0.2, -0.15) is 0 Å². The Kier molecular flexibility index (Phi) is 2.43. The number of hydrogen-bond donors (Lipinski definition) is 1. The fourth-order valence-electron chi connectivity index (χ4n) is 2.84. The van der Waals surface area contributed by atoms with E-state index in [1.54, 1.807) is 6.07 Å². The first-order chi connectivity index (χ1) is 8.17. The van der Waals surface area contributed by atoms with Crippen molar-refractivity contribution in [2.24, 2.45) is 11.7 Å². The van der Waals surface area contributed by atoms with Crippen LogP contribution in [0.5, 0.6) is 0 Å². The molecule has 1 saturated heterocycles. The summed E-state index contributed by atoms with van der Waals surface area (Å²) >= 11 is 0. The molecule has 0 bridgehead atoms. The Bertz CT molecular complexity index is 417. The van der Waals surface area contributed by atoms with E-state index in [1.807, 2.05) is 4.90 Å². The van der Waals surface area contributed by atoms with Gasteiger partial charge in [0.1, 0.15) is 6.26 Å². The lowest BCUT2D eigenvalue weighted by Crippen LogP contribution is -2.54. The van der Waals surface area contributed by atoms with Crippen LogP contribution in [-0.4, -0.2) is 34.6 Å². The first-order valence-electron chi connectivity index (χ1n) is 6.13. The van der Waals surface area contributed by atoms with E-state index in [0.29, 0.717) is 18.8 Å². The molecule has 5 nitrogen and oxygen atoms in total. The fourth-order valence-corrected chi connectivity index (χ4v) is 2.84. The predicted molar refractivity (Wildman–Crippen MR) is 61.0 cm³/mol. The summed E-state index contributed by atoms with van der Waals surface area (Å²) in [5.41, 5.74) is 6.96. The zero-order valence-electron chi connectivity index (χ0n) is 9.76. The Balaban J connectivity index is 1.53. The van der Waals surface area contributed by atoms with E-state index in [0.717, 1.165) is 25.2 Å². The number of fused-ring (bicyclic) bond motifs is 1. The topological polar surface area (TPSA) is 72.4 Å². The van der Waals surface area contributed by atoms with E-state index < -0.39 is 0 Å². The van der Waals surface area contributed by atoms with Crippen LogP contribution in [0.3, 0.4) is 0 Å². The molecule has 1 saturated carbocycles. The van der Waals surface area contributed by atoms with Crippen LogP contribution in [0.2, 0.25) is 0 Å². The van der Waals surface area contributed by atoms with Crippen molar-refractivity contribution in [3.63, 3.8) is 0 Å². The van der Waals surface area contributed by atoms with Crippen molar-refractivity contribution in [3.8, 4) is 0 Å². The number of likely N-dealkylation sites (tertiary alicyclic amines) is 1. The van der Waals surface area contributed by atoms with E-state index >= 15 is 0 Å². The third-order valence-electron chi connectivity index (χ3n) is 4.14. The molecule has 17 heavy (non-hydrogen) atoms. The van der Waals surface area contributed by atoms with Crippen molar-refractivity contribution in [1.29, 1.82) is 0 Å². The molecule has 1 aromatic rings. The van der Waals surface area contributed by atoms with Gasteiger partial charge in [0, 0.05) is 37.5 Å². The molecule has 2 aliphatic rings. The number of nitrogens with two attached hydrogens (primary N) is 1. The lowest BCUT2D eigenvalue weighted by atomic mass is 9.70. The number of hydrogen-bond acceptors (Lipinski definition) is 4. The Morgan fingerprint density at radius 2 is 2.59 bits per heavy atom. The summed E-state index contributed by atoms with van der Waals surface area (Å²) in [6.07, 6.45) is 4.91. The van der Waals surface area contributed by atoms with Crippen molar-refractivity contribution >= 4 is 5.91 Å². The maximum Gasteiger partial charge on any atom is 0.223 e. The van der Waals surface area contributed by atoms with Crippen LogP contribution in [0.1, 0.15) is 25.0 Å². The molecule has 2 atom stereocenters. The zero-order chi connectivity index (χ0) is 11.9. The van der Waals surface area contributed by atoms with Crippen molar-refractivity contribution < 1.29 is 9.32 Å². The van der Waals surface area contributed by atoms with Gasteiger partial charge in [-0.3, -0.25) is 4.79 Å². The molecule has 0 spiro atoms. The second-order valence-electron chi connectivity index (χ2n) is 5.23. The Morgan fingerprint density at radius 3 is 3.12 bits per heavy atom. The molecule has 1 amide bonds. The average molecular weight is 235 g/mol. The zero-order valence-corrected chi connectivity index (χ0v) is 9.76. The van der Waals surface area contributed by atoms with Crippen LogP contribution in [0.25, 0.3) is 0 Å². The smallest absolute Gasteiger partial charge is 0.223 e. The van der Waals surface area contributed by atoms with Crippen LogP contribution in [0.15, 0.2) is 16.9 Å². The Morgan fingerprint density at radius 1 is 1.71 bits per heavy atom. The van der Waals surface area contributed by atoms with Gasteiger partial charge in [0.25, 0.3) is 0 Å². The van der Waals surface area contributed by atoms with E-state index in [4.69, 9.17) is 10.3 Å². The van der Waals surface area contributed by atoms with E-state index in [1.165, 1.54) is 12.7 Å². The summed E-state index contributed by atoms with van der Waals surface area (Å²) in [6, 6.07) is 1.80. The second-order valence-corrected chi connectivity index (χ2v) is 5.23. The fraction of sp³-hybridized carbons (Fsp3) is 0.667. The summed E-state index contributed by atoms with van der Waals surface area (Å²) in [6.45, 7) is 1.57. The van der Waals surface area contributed by atoms with Gasteiger partial charge in [-0.1, -0.05) is 5.16 Å². The van der Waals surface area contributed by atoms with Gasteiger partial charge in [0.2, 0.25) is 5.91 Å². The normalized spacial score (nSPS) is 31.1. The first-order valence-corrected chi connectivity index (χ1v) is 6.13. The monoisotopic (exact) mass is 235 g/mol. The van der Waals surface area contributed by atoms with Gasteiger partial charge < -0.3 is 15.2 Å². The molecular formula is C12H17N3O2. The molecular weight excluding hydrogens is 218 g/mol. The quantitative estimate of drug-likeness (QED) is 0.830. The van der Waals surface area contributed by atoms with Gasteiger partial charge in [-0.25, -0.2) is 0 Å². The Labute approximate surface area is 99.9 Å². The van der Waals surface area contributed by atoms with Gasteiger partial charge in [0.05, 0.1) is 5.69 Å². The molecule has 3 rings (SSSR count). The summed E-state index contributed by atoms with van der Waals surface area (Å²) < 4.78 is 4.74. The highest BCUT2D eigenvalue weighted by molar-refractivity contribution is 5.77. The van der Waals surface area contributed by atoms with Crippen LogP contribution in [-0.2, 0) is 11.2 Å². The number of rotatable bonds is 3. The standard InChI is InChI=1S/C12H17N3O2/c13-12-5-3-9(12)7-15(8-12)11(16)2-1-10-4-6-17-14-10/h4,6,9H,1-3,5,7-8,13H2/t9-,12-/m0/s1. The third kappa shape index (κ3) is 1.84. The van der Waals surface area contributed by atoms with Crippen LogP contribution < -0.4 is 5.73 Å². The Hall–Kier alpha value is -1.36. The first kappa shape index (κ1) is 10.8. The molecule has 92 valence electrons. The number of carbonyl (C=O) groups is 1. The van der Waals surface area contributed by atoms with Gasteiger partial charge >= 0.3 is 0 Å².